The summed E-state index contributed by atoms with van der Waals surface area (Å²) in [6.07, 6.45) is 0. The quantitative estimate of drug-likeness (QED) is 0.619. The van der Waals surface area contributed by atoms with Crippen molar-refractivity contribution in [1.82, 2.24) is 4.98 Å². The molecule has 2 nitrogen and oxygen atoms in total. The fourth-order valence-electron chi connectivity index (χ4n) is 1.69. The van der Waals surface area contributed by atoms with Crippen LogP contribution in [0.15, 0.2) is 24.3 Å². The molecule has 0 saturated heterocycles. The van der Waals surface area contributed by atoms with Crippen LogP contribution < -0.4 is 4.74 Å². The number of hydrogen-bond donors (Lipinski definition) is 0. The SMILES string of the molecule is Cc1ccc(C(C)C)cc1Oc1nc(Cl)c(Cl)cc1Cl. The molecule has 0 atom stereocenters. The van der Waals surface area contributed by atoms with Gasteiger partial charge in [-0.25, -0.2) is 0 Å². The third-order valence-corrected chi connectivity index (χ3v) is 3.88. The van der Waals surface area contributed by atoms with Crippen LogP contribution in [0.3, 0.4) is 0 Å². The molecule has 0 bridgehead atoms. The van der Waals surface area contributed by atoms with Crippen molar-refractivity contribution in [3.63, 3.8) is 0 Å². The topological polar surface area (TPSA) is 22.1 Å². The maximum absolute atomic E-state index is 6.08. The molecular weight excluding hydrogens is 317 g/mol. The smallest absolute Gasteiger partial charge is 0.239 e. The van der Waals surface area contributed by atoms with E-state index in [0.29, 0.717) is 21.7 Å². The molecule has 5 heteroatoms. The summed E-state index contributed by atoms with van der Waals surface area (Å²) in [5.41, 5.74) is 2.18. The molecule has 0 amide bonds. The van der Waals surface area contributed by atoms with E-state index >= 15 is 0 Å². The number of hydrogen-bond acceptors (Lipinski definition) is 2. The minimum Gasteiger partial charge on any atom is -0.437 e. The second-order valence-electron chi connectivity index (χ2n) is 4.83. The summed E-state index contributed by atoms with van der Waals surface area (Å²) in [7, 11) is 0. The molecule has 20 heavy (non-hydrogen) atoms. The van der Waals surface area contributed by atoms with E-state index in [4.69, 9.17) is 39.5 Å². The lowest BCUT2D eigenvalue weighted by molar-refractivity contribution is 0.459. The maximum atomic E-state index is 6.08. The fraction of sp³-hybridized carbons (Fsp3) is 0.267. The summed E-state index contributed by atoms with van der Waals surface area (Å²) in [6.45, 7) is 6.21. The molecular formula is C15H14Cl3NO. The van der Waals surface area contributed by atoms with Gasteiger partial charge in [-0.2, -0.15) is 4.98 Å². The van der Waals surface area contributed by atoms with Crippen molar-refractivity contribution in [2.45, 2.75) is 26.7 Å². The van der Waals surface area contributed by atoms with Gasteiger partial charge in [-0.15, -0.1) is 0 Å². The molecule has 1 aromatic carbocycles. The lowest BCUT2D eigenvalue weighted by Crippen LogP contribution is -1.95. The van der Waals surface area contributed by atoms with E-state index in [9.17, 15) is 0 Å². The van der Waals surface area contributed by atoms with Gasteiger partial charge in [0, 0.05) is 0 Å². The van der Waals surface area contributed by atoms with Gasteiger partial charge in [0.15, 0.2) is 5.15 Å². The van der Waals surface area contributed by atoms with Gasteiger partial charge >= 0.3 is 0 Å². The van der Waals surface area contributed by atoms with Crippen molar-refractivity contribution in [3.05, 3.63) is 50.6 Å². The Bertz CT molecular complexity index is 641. The monoisotopic (exact) mass is 329 g/mol. The summed E-state index contributed by atoms with van der Waals surface area (Å²) < 4.78 is 5.78. The molecule has 0 unspecified atom stereocenters. The van der Waals surface area contributed by atoms with Crippen molar-refractivity contribution in [2.75, 3.05) is 0 Å². The molecule has 106 valence electrons. The van der Waals surface area contributed by atoms with E-state index in [1.54, 1.807) is 0 Å². The zero-order chi connectivity index (χ0) is 14.9. The molecule has 0 N–H and O–H groups in total. The number of aryl methyl sites for hydroxylation is 1. The van der Waals surface area contributed by atoms with E-state index in [-0.39, 0.29) is 11.0 Å². The standard InChI is InChI=1S/C15H14Cl3NO/c1-8(2)10-5-4-9(3)13(6-10)20-15-12(17)7-11(16)14(18)19-15/h4-8H,1-3H3. The Morgan fingerprint density at radius 1 is 1.05 bits per heavy atom. The van der Waals surface area contributed by atoms with Crippen LogP contribution in [0.25, 0.3) is 0 Å². The number of ether oxygens (including phenoxy) is 1. The summed E-state index contributed by atoms with van der Waals surface area (Å²) in [6, 6.07) is 7.60. The minimum atomic E-state index is 0.170. The molecule has 0 fully saturated rings. The number of pyridine rings is 1. The van der Waals surface area contributed by atoms with Crippen molar-refractivity contribution in [3.8, 4) is 11.6 Å². The number of aromatic nitrogens is 1. The average molecular weight is 331 g/mol. The maximum Gasteiger partial charge on any atom is 0.239 e. The molecule has 1 aromatic heterocycles. The van der Waals surface area contributed by atoms with Gasteiger partial charge in [0.2, 0.25) is 5.88 Å². The largest absolute Gasteiger partial charge is 0.437 e. The van der Waals surface area contributed by atoms with Gasteiger partial charge in [0.25, 0.3) is 0 Å². The lowest BCUT2D eigenvalue weighted by atomic mass is 10.0. The summed E-state index contributed by atoms with van der Waals surface area (Å²) in [4.78, 5) is 4.06. The summed E-state index contributed by atoms with van der Waals surface area (Å²) in [5.74, 6) is 1.38. The van der Waals surface area contributed by atoms with Crippen molar-refractivity contribution < 1.29 is 4.74 Å². The van der Waals surface area contributed by atoms with Crippen LogP contribution in [0.1, 0.15) is 30.9 Å². The summed E-state index contributed by atoms with van der Waals surface area (Å²) >= 11 is 17.8. The molecule has 0 spiro atoms. The van der Waals surface area contributed by atoms with Gasteiger partial charge in [-0.3, -0.25) is 0 Å². The van der Waals surface area contributed by atoms with Gasteiger partial charge in [-0.1, -0.05) is 60.8 Å². The zero-order valence-corrected chi connectivity index (χ0v) is 13.6. The minimum absolute atomic E-state index is 0.170. The van der Waals surface area contributed by atoms with E-state index in [2.05, 4.69) is 24.9 Å². The Labute approximate surface area is 133 Å². The molecule has 2 aromatic rings. The Morgan fingerprint density at radius 3 is 2.40 bits per heavy atom. The Hall–Kier alpha value is -0.960. The van der Waals surface area contributed by atoms with Crippen LogP contribution in [0.5, 0.6) is 11.6 Å². The van der Waals surface area contributed by atoms with Crippen LogP contribution in [-0.2, 0) is 0 Å². The first-order valence-electron chi connectivity index (χ1n) is 6.18. The normalized spacial score (nSPS) is 10.9. The first-order valence-corrected chi connectivity index (χ1v) is 7.32. The number of halogens is 3. The molecule has 2 rings (SSSR count). The Morgan fingerprint density at radius 2 is 1.75 bits per heavy atom. The molecule has 0 saturated carbocycles. The number of benzene rings is 1. The third-order valence-electron chi connectivity index (χ3n) is 2.94. The second-order valence-corrected chi connectivity index (χ2v) is 6.00. The van der Waals surface area contributed by atoms with E-state index < -0.39 is 0 Å². The van der Waals surface area contributed by atoms with E-state index in [0.717, 1.165) is 5.56 Å². The molecule has 0 radical (unpaired) electrons. The van der Waals surface area contributed by atoms with Gasteiger partial charge in [0.1, 0.15) is 10.8 Å². The van der Waals surface area contributed by atoms with E-state index in [1.165, 1.54) is 11.6 Å². The van der Waals surface area contributed by atoms with Crippen LogP contribution in [0.2, 0.25) is 15.2 Å². The highest BCUT2D eigenvalue weighted by Gasteiger charge is 2.12. The molecule has 0 aliphatic carbocycles. The van der Waals surface area contributed by atoms with Crippen LogP contribution in [0, 0.1) is 6.92 Å². The van der Waals surface area contributed by atoms with Crippen molar-refractivity contribution in [1.29, 1.82) is 0 Å². The van der Waals surface area contributed by atoms with Gasteiger partial charge in [-0.05, 0) is 36.1 Å². The zero-order valence-electron chi connectivity index (χ0n) is 11.4. The van der Waals surface area contributed by atoms with Gasteiger partial charge < -0.3 is 4.74 Å². The van der Waals surface area contributed by atoms with Crippen LogP contribution in [0.4, 0.5) is 0 Å². The Balaban J connectivity index is 2.39. The number of nitrogens with zero attached hydrogens (tertiary/aromatic N) is 1. The fourth-order valence-corrected chi connectivity index (χ4v) is 2.22. The van der Waals surface area contributed by atoms with Crippen molar-refractivity contribution >= 4 is 34.8 Å². The van der Waals surface area contributed by atoms with Crippen LogP contribution >= 0.6 is 34.8 Å². The first kappa shape index (κ1) is 15.4. The average Bonchev–Trinajstić information content (AvgIpc) is 2.38. The number of rotatable bonds is 3. The second kappa shape index (κ2) is 6.21. The third kappa shape index (κ3) is 3.38. The summed E-state index contributed by atoms with van der Waals surface area (Å²) in [5, 5.41) is 0.800. The molecule has 0 aliphatic rings. The lowest BCUT2D eigenvalue weighted by Gasteiger charge is -2.13. The predicted molar refractivity (Wildman–Crippen MR) is 84.6 cm³/mol. The Kier molecular flexibility index (Phi) is 4.79. The highest BCUT2D eigenvalue weighted by molar-refractivity contribution is 6.42. The van der Waals surface area contributed by atoms with Crippen LogP contribution in [-0.4, -0.2) is 4.98 Å². The predicted octanol–water partition coefficient (Wildman–Crippen LogP) is 6.27. The molecule has 1 heterocycles. The van der Waals surface area contributed by atoms with E-state index in [1.807, 2.05) is 19.1 Å². The highest BCUT2D eigenvalue weighted by atomic mass is 35.5. The first-order chi connectivity index (χ1) is 9.38. The highest BCUT2D eigenvalue weighted by Crippen LogP contribution is 2.35. The van der Waals surface area contributed by atoms with Gasteiger partial charge in [0.05, 0.1) is 5.02 Å². The van der Waals surface area contributed by atoms with Crippen molar-refractivity contribution in [2.24, 2.45) is 0 Å². The molecule has 0 aliphatic heterocycles.